The van der Waals surface area contributed by atoms with E-state index in [2.05, 4.69) is 24.9 Å². The van der Waals surface area contributed by atoms with E-state index >= 15 is 0 Å². The molecule has 1 rings (SSSR count). The first kappa shape index (κ1) is 11.2. The van der Waals surface area contributed by atoms with Crippen LogP contribution in [0.15, 0.2) is 24.3 Å². The van der Waals surface area contributed by atoms with Gasteiger partial charge in [0.15, 0.2) is 0 Å². The second-order valence-corrected chi connectivity index (χ2v) is 4.61. The van der Waals surface area contributed by atoms with Gasteiger partial charge in [-0.05, 0) is 24.0 Å². The average Bonchev–Trinajstić information content (AvgIpc) is 2.18. The van der Waals surface area contributed by atoms with Gasteiger partial charge in [0, 0.05) is 30.7 Å². The molecule has 0 unspecified atom stereocenters. The van der Waals surface area contributed by atoms with E-state index in [1.165, 1.54) is 17.2 Å². The number of thioether (sulfide) groups is 1. The molecule has 2 N–H and O–H groups in total. The second-order valence-electron chi connectivity index (χ2n) is 3.21. The zero-order valence-electron chi connectivity index (χ0n) is 8.86. The Morgan fingerprint density at radius 3 is 2.86 bits per heavy atom. The molecule has 0 aliphatic heterocycles. The van der Waals surface area contributed by atoms with E-state index in [0.29, 0.717) is 0 Å². The predicted octanol–water partition coefficient (Wildman–Crippen LogP) is 2.46. The molecule has 0 aliphatic rings. The number of hydrogen-bond acceptors (Lipinski definition) is 3. The monoisotopic (exact) mass is 210 g/mol. The molecule has 0 fully saturated rings. The fourth-order valence-corrected chi connectivity index (χ4v) is 1.93. The standard InChI is InChI=1S/C11H18N2S/c1-3-14-8-7-13(2)11-6-4-5-10(12)9-11/h4-6,9H,3,7-8,12H2,1-2H3. The van der Waals surface area contributed by atoms with Crippen molar-refractivity contribution in [3.05, 3.63) is 24.3 Å². The van der Waals surface area contributed by atoms with Gasteiger partial charge >= 0.3 is 0 Å². The third kappa shape index (κ3) is 3.50. The summed E-state index contributed by atoms with van der Waals surface area (Å²) in [4.78, 5) is 2.24. The highest BCUT2D eigenvalue weighted by Gasteiger charge is 1.99. The highest BCUT2D eigenvalue weighted by atomic mass is 32.2. The molecule has 1 aromatic carbocycles. The molecule has 1 aromatic rings. The quantitative estimate of drug-likeness (QED) is 0.598. The minimum atomic E-state index is 0.831. The van der Waals surface area contributed by atoms with E-state index in [4.69, 9.17) is 5.73 Å². The second kappa shape index (κ2) is 5.81. The summed E-state index contributed by atoms with van der Waals surface area (Å²) in [6.45, 7) is 3.26. The molecule has 0 heterocycles. The molecule has 2 nitrogen and oxygen atoms in total. The molecule has 0 saturated heterocycles. The van der Waals surface area contributed by atoms with Crippen molar-refractivity contribution in [1.29, 1.82) is 0 Å². The first-order chi connectivity index (χ1) is 6.74. The van der Waals surface area contributed by atoms with Gasteiger partial charge < -0.3 is 10.6 Å². The van der Waals surface area contributed by atoms with Gasteiger partial charge in [0.25, 0.3) is 0 Å². The van der Waals surface area contributed by atoms with E-state index in [0.717, 1.165) is 12.2 Å². The normalized spacial score (nSPS) is 10.1. The number of anilines is 2. The lowest BCUT2D eigenvalue weighted by Gasteiger charge is -2.19. The van der Waals surface area contributed by atoms with Gasteiger partial charge in [0.05, 0.1) is 0 Å². The zero-order chi connectivity index (χ0) is 10.4. The molecule has 0 amide bonds. The first-order valence-corrected chi connectivity index (χ1v) is 6.04. The number of hydrogen-bond donors (Lipinski definition) is 1. The lowest BCUT2D eigenvalue weighted by molar-refractivity contribution is 0.978. The third-order valence-electron chi connectivity index (χ3n) is 2.09. The molecule has 3 heteroatoms. The lowest BCUT2D eigenvalue weighted by Crippen LogP contribution is -2.20. The Kier molecular flexibility index (Phi) is 4.66. The SMILES string of the molecule is CCSCCN(C)c1cccc(N)c1. The summed E-state index contributed by atoms with van der Waals surface area (Å²) in [7, 11) is 2.10. The van der Waals surface area contributed by atoms with Crippen molar-refractivity contribution in [1.82, 2.24) is 0 Å². The molecule has 0 saturated carbocycles. The van der Waals surface area contributed by atoms with Crippen LogP contribution < -0.4 is 10.6 Å². The number of nitrogens with two attached hydrogens (primary N) is 1. The summed E-state index contributed by atoms with van der Waals surface area (Å²) >= 11 is 1.96. The van der Waals surface area contributed by atoms with E-state index in [-0.39, 0.29) is 0 Å². The summed E-state index contributed by atoms with van der Waals surface area (Å²) in [5.41, 5.74) is 7.75. The van der Waals surface area contributed by atoms with Gasteiger partial charge in [0.1, 0.15) is 0 Å². The maximum atomic E-state index is 5.72. The van der Waals surface area contributed by atoms with E-state index in [1.54, 1.807) is 0 Å². The van der Waals surface area contributed by atoms with Crippen molar-refractivity contribution in [2.45, 2.75) is 6.92 Å². The van der Waals surface area contributed by atoms with E-state index < -0.39 is 0 Å². The van der Waals surface area contributed by atoms with Gasteiger partial charge in [-0.3, -0.25) is 0 Å². The van der Waals surface area contributed by atoms with Crippen molar-refractivity contribution in [3.63, 3.8) is 0 Å². The molecule has 0 aromatic heterocycles. The molecule has 78 valence electrons. The van der Waals surface area contributed by atoms with Crippen LogP contribution in [0.4, 0.5) is 11.4 Å². The molecular weight excluding hydrogens is 192 g/mol. The molecule has 0 radical (unpaired) electrons. The Labute approximate surface area is 90.5 Å². The summed E-state index contributed by atoms with van der Waals surface area (Å²) in [6.07, 6.45) is 0. The summed E-state index contributed by atoms with van der Waals surface area (Å²) < 4.78 is 0. The molecule has 0 bridgehead atoms. The van der Waals surface area contributed by atoms with Gasteiger partial charge in [-0.2, -0.15) is 11.8 Å². The predicted molar refractivity (Wildman–Crippen MR) is 67.1 cm³/mol. The van der Waals surface area contributed by atoms with Gasteiger partial charge in [-0.25, -0.2) is 0 Å². The Morgan fingerprint density at radius 1 is 1.43 bits per heavy atom. The number of rotatable bonds is 5. The fourth-order valence-electron chi connectivity index (χ4n) is 1.24. The van der Waals surface area contributed by atoms with Gasteiger partial charge in [0.2, 0.25) is 0 Å². The number of nitrogen functional groups attached to an aromatic ring is 1. The smallest absolute Gasteiger partial charge is 0.0384 e. The minimum Gasteiger partial charge on any atom is -0.399 e. The topological polar surface area (TPSA) is 29.3 Å². The van der Waals surface area contributed by atoms with Crippen molar-refractivity contribution in [2.75, 3.05) is 35.7 Å². The molecule has 0 spiro atoms. The van der Waals surface area contributed by atoms with Crippen LogP contribution in [0.1, 0.15) is 6.92 Å². The average molecular weight is 210 g/mol. The van der Waals surface area contributed by atoms with Crippen LogP contribution >= 0.6 is 11.8 Å². The van der Waals surface area contributed by atoms with E-state index in [1.807, 2.05) is 30.0 Å². The Balaban J connectivity index is 2.47. The lowest BCUT2D eigenvalue weighted by atomic mass is 10.2. The van der Waals surface area contributed by atoms with Crippen molar-refractivity contribution in [3.8, 4) is 0 Å². The third-order valence-corrected chi connectivity index (χ3v) is 2.97. The summed E-state index contributed by atoms with van der Waals surface area (Å²) in [6, 6.07) is 8.01. The van der Waals surface area contributed by atoms with E-state index in [9.17, 15) is 0 Å². The van der Waals surface area contributed by atoms with Crippen LogP contribution in [0.3, 0.4) is 0 Å². The summed E-state index contributed by atoms with van der Waals surface area (Å²) in [5.74, 6) is 2.35. The Morgan fingerprint density at radius 2 is 2.21 bits per heavy atom. The highest BCUT2D eigenvalue weighted by Crippen LogP contribution is 2.16. The Hall–Kier alpha value is -0.830. The van der Waals surface area contributed by atoms with Gasteiger partial charge in [-0.1, -0.05) is 13.0 Å². The molecule has 0 aliphatic carbocycles. The van der Waals surface area contributed by atoms with Crippen molar-refractivity contribution < 1.29 is 0 Å². The maximum absolute atomic E-state index is 5.72. The fraction of sp³-hybridized carbons (Fsp3) is 0.455. The maximum Gasteiger partial charge on any atom is 0.0384 e. The molecule has 0 atom stereocenters. The molecule has 14 heavy (non-hydrogen) atoms. The molecular formula is C11H18N2S. The van der Waals surface area contributed by atoms with Crippen LogP contribution in [0.25, 0.3) is 0 Å². The minimum absolute atomic E-state index is 0.831. The van der Waals surface area contributed by atoms with Crippen LogP contribution in [-0.2, 0) is 0 Å². The summed E-state index contributed by atoms with van der Waals surface area (Å²) in [5, 5.41) is 0. The zero-order valence-corrected chi connectivity index (χ0v) is 9.68. The number of benzene rings is 1. The first-order valence-electron chi connectivity index (χ1n) is 4.88. The van der Waals surface area contributed by atoms with Crippen molar-refractivity contribution in [2.24, 2.45) is 0 Å². The van der Waals surface area contributed by atoms with Crippen LogP contribution in [-0.4, -0.2) is 25.1 Å². The van der Waals surface area contributed by atoms with Crippen LogP contribution in [0.2, 0.25) is 0 Å². The van der Waals surface area contributed by atoms with Crippen molar-refractivity contribution >= 4 is 23.1 Å². The largest absolute Gasteiger partial charge is 0.399 e. The number of nitrogens with zero attached hydrogens (tertiary/aromatic N) is 1. The van der Waals surface area contributed by atoms with Crippen LogP contribution in [0.5, 0.6) is 0 Å². The van der Waals surface area contributed by atoms with Crippen LogP contribution in [0, 0.1) is 0 Å². The highest BCUT2D eigenvalue weighted by molar-refractivity contribution is 7.99. The van der Waals surface area contributed by atoms with Gasteiger partial charge in [-0.15, -0.1) is 0 Å². The Bertz CT molecular complexity index is 276.